The summed E-state index contributed by atoms with van der Waals surface area (Å²) in [6, 6.07) is 4.97. The molecule has 4 heteroatoms. The summed E-state index contributed by atoms with van der Waals surface area (Å²) in [6.45, 7) is 8.39. The average molecular weight is 281 g/mol. The van der Waals surface area contributed by atoms with Crippen molar-refractivity contribution in [1.29, 1.82) is 0 Å². The normalized spacial score (nSPS) is 17.9. The Morgan fingerprint density at radius 3 is 2.80 bits per heavy atom. The molecule has 0 saturated heterocycles. The van der Waals surface area contributed by atoms with E-state index in [1.54, 1.807) is 6.07 Å². The standard InChI is InChI=1S/C16H24FNO2/c1-16(2,3)20-11-15(19)10-18-7-6-12-4-5-14(17)8-13(12)9-18/h4-5,8,15,19H,6-7,9-11H2,1-3H3/t15-/m0/s1. The Balaban J connectivity index is 1.86. The number of rotatable bonds is 4. The molecule has 1 aliphatic rings. The van der Waals surface area contributed by atoms with Crippen molar-refractivity contribution in [2.75, 3.05) is 19.7 Å². The molecule has 0 bridgehead atoms. The zero-order valence-corrected chi connectivity index (χ0v) is 12.5. The molecule has 0 spiro atoms. The van der Waals surface area contributed by atoms with E-state index in [1.165, 1.54) is 11.6 Å². The van der Waals surface area contributed by atoms with Gasteiger partial charge in [-0.1, -0.05) is 6.07 Å². The topological polar surface area (TPSA) is 32.7 Å². The van der Waals surface area contributed by atoms with Crippen LogP contribution in [0, 0.1) is 5.82 Å². The number of benzene rings is 1. The van der Waals surface area contributed by atoms with E-state index < -0.39 is 6.10 Å². The fourth-order valence-electron chi connectivity index (χ4n) is 2.44. The molecule has 1 heterocycles. The summed E-state index contributed by atoms with van der Waals surface area (Å²) in [5.41, 5.74) is 2.00. The van der Waals surface area contributed by atoms with Gasteiger partial charge in [-0.2, -0.15) is 0 Å². The van der Waals surface area contributed by atoms with Crippen LogP contribution >= 0.6 is 0 Å². The van der Waals surface area contributed by atoms with Crippen LogP contribution in [0.5, 0.6) is 0 Å². The van der Waals surface area contributed by atoms with Crippen molar-refractivity contribution in [3.63, 3.8) is 0 Å². The summed E-state index contributed by atoms with van der Waals surface area (Å²) in [4.78, 5) is 2.15. The van der Waals surface area contributed by atoms with Crippen molar-refractivity contribution < 1.29 is 14.2 Å². The van der Waals surface area contributed by atoms with Gasteiger partial charge in [-0.15, -0.1) is 0 Å². The Bertz CT molecular complexity index is 456. The maximum atomic E-state index is 13.2. The van der Waals surface area contributed by atoms with Crippen LogP contribution in [-0.4, -0.2) is 41.4 Å². The van der Waals surface area contributed by atoms with Gasteiger partial charge in [0.05, 0.1) is 18.3 Å². The third-order valence-electron chi connectivity index (χ3n) is 3.44. The second-order valence-electron chi connectivity index (χ2n) is 6.48. The number of nitrogens with zero attached hydrogens (tertiary/aromatic N) is 1. The van der Waals surface area contributed by atoms with Gasteiger partial charge in [0.15, 0.2) is 0 Å². The highest BCUT2D eigenvalue weighted by Crippen LogP contribution is 2.20. The van der Waals surface area contributed by atoms with Crippen LogP contribution in [-0.2, 0) is 17.7 Å². The molecule has 0 aromatic heterocycles. The summed E-state index contributed by atoms with van der Waals surface area (Å²) in [6.07, 6.45) is 0.395. The molecular formula is C16H24FNO2. The lowest BCUT2D eigenvalue weighted by Crippen LogP contribution is -2.39. The van der Waals surface area contributed by atoms with Crippen molar-refractivity contribution >= 4 is 0 Å². The van der Waals surface area contributed by atoms with Crippen molar-refractivity contribution in [3.05, 3.63) is 35.1 Å². The molecule has 2 rings (SSSR count). The molecule has 20 heavy (non-hydrogen) atoms. The highest BCUT2D eigenvalue weighted by atomic mass is 19.1. The minimum atomic E-state index is -0.510. The molecule has 0 saturated carbocycles. The molecule has 1 aromatic rings. The SMILES string of the molecule is CC(C)(C)OC[C@@H](O)CN1CCc2ccc(F)cc2C1. The first-order chi connectivity index (χ1) is 9.33. The van der Waals surface area contributed by atoms with Gasteiger partial charge in [0.25, 0.3) is 0 Å². The van der Waals surface area contributed by atoms with Crippen molar-refractivity contribution in [3.8, 4) is 0 Å². The number of hydrogen-bond acceptors (Lipinski definition) is 3. The Kier molecular flexibility index (Phi) is 4.78. The minimum Gasteiger partial charge on any atom is -0.389 e. The van der Waals surface area contributed by atoms with Gasteiger partial charge < -0.3 is 9.84 Å². The zero-order chi connectivity index (χ0) is 14.8. The molecular weight excluding hydrogens is 257 g/mol. The zero-order valence-electron chi connectivity index (χ0n) is 12.5. The number of hydrogen-bond donors (Lipinski definition) is 1. The van der Waals surface area contributed by atoms with Gasteiger partial charge >= 0.3 is 0 Å². The second kappa shape index (κ2) is 6.20. The maximum Gasteiger partial charge on any atom is 0.123 e. The molecule has 0 unspecified atom stereocenters. The summed E-state index contributed by atoms with van der Waals surface area (Å²) in [5, 5.41) is 10.0. The van der Waals surface area contributed by atoms with Gasteiger partial charge in [-0.25, -0.2) is 4.39 Å². The highest BCUT2D eigenvalue weighted by molar-refractivity contribution is 5.29. The highest BCUT2D eigenvalue weighted by Gasteiger charge is 2.20. The molecule has 0 radical (unpaired) electrons. The van der Waals surface area contributed by atoms with Crippen LogP contribution in [0.2, 0.25) is 0 Å². The second-order valence-corrected chi connectivity index (χ2v) is 6.48. The van der Waals surface area contributed by atoms with E-state index in [4.69, 9.17) is 4.74 Å². The Hall–Kier alpha value is -0.970. The number of fused-ring (bicyclic) bond motifs is 1. The summed E-state index contributed by atoms with van der Waals surface area (Å²) < 4.78 is 18.8. The summed E-state index contributed by atoms with van der Waals surface area (Å²) in [7, 11) is 0. The lowest BCUT2D eigenvalue weighted by Gasteiger charge is -2.31. The molecule has 0 amide bonds. The molecule has 112 valence electrons. The van der Waals surface area contributed by atoms with Crippen LogP contribution in [0.4, 0.5) is 4.39 Å². The van der Waals surface area contributed by atoms with Crippen LogP contribution in [0.25, 0.3) is 0 Å². The van der Waals surface area contributed by atoms with Crippen molar-refractivity contribution in [2.24, 2.45) is 0 Å². The smallest absolute Gasteiger partial charge is 0.123 e. The van der Waals surface area contributed by atoms with Crippen LogP contribution < -0.4 is 0 Å². The number of ether oxygens (including phenoxy) is 1. The average Bonchev–Trinajstić information content (AvgIpc) is 2.35. The maximum absolute atomic E-state index is 13.2. The van der Waals surface area contributed by atoms with Gasteiger partial charge in [0.1, 0.15) is 5.82 Å². The van der Waals surface area contributed by atoms with Crippen LogP contribution in [0.3, 0.4) is 0 Å². The quantitative estimate of drug-likeness (QED) is 0.919. The van der Waals surface area contributed by atoms with Crippen LogP contribution in [0.1, 0.15) is 31.9 Å². The Morgan fingerprint density at radius 1 is 1.35 bits per heavy atom. The lowest BCUT2D eigenvalue weighted by molar-refractivity contribution is -0.0569. The van der Waals surface area contributed by atoms with Crippen molar-refractivity contribution in [1.82, 2.24) is 4.90 Å². The Labute approximate surface area is 120 Å². The minimum absolute atomic E-state index is 0.192. The lowest BCUT2D eigenvalue weighted by atomic mass is 9.99. The van der Waals surface area contributed by atoms with E-state index in [0.717, 1.165) is 18.5 Å². The fraction of sp³-hybridized carbons (Fsp3) is 0.625. The largest absolute Gasteiger partial charge is 0.389 e. The van der Waals surface area contributed by atoms with E-state index in [0.29, 0.717) is 19.7 Å². The first-order valence-corrected chi connectivity index (χ1v) is 7.15. The summed E-state index contributed by atoms with van der Waals surface area (Å²) >= 11 is 0. The molecule has 1 atom stereocenters. The van der Waals surface area contributed by atoms with Gasteiger partial charge in [-0.3, -0.25) is 4.90 Å². The van der Waals surface area contributed by atoms with Gasteiger partial charge in [0, 0.05) is 19.6 Å². The van der Waals surface area contributed by atoms with E-state index in [1.807, 2.05) is 26.8 Å². The molecule has 0 fully saturated rings. The molecule has 1 N–H and O–H groups in total. The molecule has 1 aliphatic heterocycles. The number of aliphatic hydroxyl groups is 1. The third kappa shape index (κ3) is 4.54. The first kappa shape index (κ1) is 15.4. The molecule has 3 nitrogen and oxygen atoms in total. The number of aliphatic hydroxyl groups excluding tert-OH is 1. The summed E-state index contributed by atoms with van der Waals surface area (Å²) in [5.74, 6) is -0.192. The fourth-order valence-corrected chi connectivity index (χ4v) is 2.44. The van der Waals surface area contributed by atoms with Gasteiger partial charge in [0.2, 0.25) is 0 Å². The predicted molar refractivity (Wildman–Crippen MR) is 77.1 cm³/mol. The van der Waals surface area contributed by atoms with Crippen LogP contribution in [0.15, 0.2) is 18.2 Å². The molecule has 1 aromatic carbocycles. The van der Waals surface area contributed by atoms with Gasteiger partial charge in [-0.05, 0) is 50.5 Å². The monoisotopic (exact) mass is 281 g/mol. The van der Waals surface area contributed by atoms with E-state index in [2.05, 4.69) is 4.90 Å². The number of β-amino-alcohol motifs (C(OH)–C–C–N with tert-alkyl or cyclic N) is 1. The third-order valence-corrected chi connectivity index (χ3v) is 3.44. The van der Waals surface area contributed by atoms with Crippen molar-refractivity contribution in [2.45, 2.75) is 45.4 Å². The number of halogens is 1. The first-order valence-electron chi connectivity index (χ1n) is 7.15. The molecule has 0 aliphatic carbocycles. The van der Waals surface area contributed by atoms with E-state index in [9.17, 15) is 9.50 Å². The Morgan fingerprint density at radius 2 is 2.10 bits per heavy atom. The van der Waals surface area contributed by atoms with E-state index >= 15 is 0 Å². The predicted octanol–water partition coefficient (Wildman–Crippen LogP) is 2.36. The van der Waals surface area contributed by atoms with E-state index in [-0.39, 0.29) is 11.4 Å².